The first-order valence-corrected chi connectivity index (χ1v) is 27.3. The number of nitrogens with one attached hydrogen (secondary N) is 1. The van der Waals surface area contributed by atoms with Gasteiger partial charge in [0.2, 0.25) is 5.91 Å². The van der Waals surface area contributed by atoms with E-state index in [0.29, 0.717) is 19.3 Å². The zero-order valence-electron chi connectivity index (χ0n) is 40.9. The summed E-state index contributed by atoms with van der Waals surface area (Å²) in [5.74, 6) is -0.449. The molecule has 0 aromatic heterocycles. The SMILES string of the molecule is CCCCCCCCCCCCCCCCCC(O)C(CO)NC(=O)CC(CCCCCCCCCCCCCCCC)OC(=O)CCCCCCCCCCCCCC. The molecule has 6 heteroatoms. The molecule has 0 aliphatic heterocycles. The van der Waals surface area contributed by atoms with E-state index in [9.17, 15) is 19.8 Å². The van der Waals surface area contributed by atoms with E-state index in [4.69, 9.17) is 4.74 Å². The molecule has 0 aliphatic rings. The minimum Gasteiger partial charge on any atom is -0.462 e. The second-order valence-corrected chi connectivity index (χ2v) is 19.0. The van der Waals surface area contributed by atoms with Crippen LogP contribution in [0.1, 0.15) is 310 Å². The van der Waals surface area contributed by atoms with Crippen LogP contribution in [-0.4, -0.2) is 46.9 Å². The Bertz CT molecular complexity index is 867. The van der Waals surface area contributed by atoms with Crippen LogP contribution >= 0.6 is 0 Å². The number of ether oxygens (including phenoxy) is 1. The molecule has 1 amide bonds. The van der Waals surface area contributed by atoms with Crippen LogP contribution in [0, 0.1) is 0 Å². The molecule has 0 bridgehead atoms. The van der Waals surface area contributed by atoms with Crippen LogP contribution in [0.5, 0.6) is 0 Å². The minimum absolute atomic E-state index is 0.0881. The maximum atomic E-state index is 13.2. The molecular formula is C54H107NO5. The summed E-state index contributed by atoms with van der Waals surface area (Å²) in [5, 5.41) is 23.8. The standard InChI is InChI=1S/C54H107NO5/c1-4-7-10-13-16-19-22-25-27-29-31-34-37-40-43-46-52(57)51(49-56)55-53(58)48-50(45-42-39-36-33-30-28-26-23-20-17-14-11-8-5-2)60-54(59)47-44-41-38-35-32-24-21-18-15-12-9-6-3/h50-52,56-57H,4-49H2,1-3H3,(H,55,58). The van der Waals surface area contributed by atoms with Gasteiger partial charge >= 0.3 is 5.97 Å². The van der Waals surface area contributed by atoms with E-state index in [0.717, 1.165) is 44.9 Å². The quantitative estimate of drug-likeness (QED) is 0.0419. The van der Waals surface area contributed by atoms with E-state index in [-0.39, 0.29) is 24.9 Å². The highest BCUT2D eigenvalue weighted by molar-refractivity contribution is 5.77. The maximum absolute atomic E-state index is 13.2. The zero-order chi connectivity index (χ0) is 43.8. The molecule has 6 nitrogen and oxygen atoms in total. The van der Waals surface area contributed by atoms with Gasteiger partial charge in [-0.05, 0) is 25.7 Å². The summed E-state index contributed by atoms with van der Waals surface area (Å²) in [6.45, 7) is 6.52. The third-order valence-corrected chi connectivity index (χ3v) is 12.9. The number of aliphatic hydroxyl groups excluding tert-OH is 2. The first-order valence-electron chi connectivity index (χ1n) is 27.3. The van der Waals surface area contributed by atoms with Gasteiger partial charge in [0.1, 0.15) is 6.10 Å². The van der Waals surface area contributed by atoms with Crippen molar-refractivity contribution in [3.8, 4) is 0 Å². The van der Waals surface area contributed by atoms with E-state index in [2.05, 4.69) is 26.1 Å². The summed E-state index contributed by atoms with van der Waals surface area (Å²) in [6, 6.07) is -0.692. The van der Waals surface area contributed by atoms with Crippen molar-refractivity contribution in [1.82, 2.24) is 5.32 Å². The molecule has 0 aliphatic carbocycles. The number of rotatable bonds is 50. The van der Waals surface area contributed by atoms with Gasteiger partial charge in [-0.15, -0.1) is 0 Å². The van der Waals surface area contributed by atoms with Crippen molar-refractivity contribution in [3.63, 3.8) is 0 Å². The normalized spacial score (nSPS) is 13.1. The van der Waals surface area contributed by atoms with E-state index in [1.54, 1.807) is 0 Å². The van der Waals surface area contributed by atoms with Crippen molar-refractivity contribution in [2.24, 2.45) is 0 Å². The van der Waals surface area contributed by atoms with Gasteiger partial charge in [0.25, 0.3) is 0 Å². The summed E-state index contributed by atoms with van der Waals surface area (Å²) < 4.78 is 5.95. The van der Waals surface area contributed by atoms with Crippen LogP contribution in [0.4, 0.5) is 0 Å². The molecule has 0 saturated carbocycles. The molecule has 0 fully saturated rings. The molecule has 0 heterocycles. The van der Waals surface area contributed by atoms with Gasteiger partial charge in [-0.25, -0.2) is 0 Å². The Morgan fingerprint density at radius 1 is 0.417 bits per heavy atom. The average Bonchev–Trinajstić information content (AvgIpc) is 3.24. The fourth-order valence-electron chi connectivity index (χ4n) is 8.79. The first kappa shape index (κ1) is 58.9. The van der Waals surface area contributed by atoms with Crippen LogP contribution < -0.4 is 5.32 Å². The number of amides is 1. The van der Waals surface area contributed by atoms with Gasteiger partial charge in [-0.3, -0.25) is 9.59 Å². The molecule has 0 aromatic carbocycles. The van der Waals surface area contributed by atoms with Crippen molar-refractivity contribution < 1.29 is 24.5 Å². The van der Waals surface area contributed by atoms with Crippen molar-refractivity contribution in [1.29, 1.82) is 0 Å². The number of carbonyl (C=O) groups excluding carboxylic acids is 2. The lowest BCUT2D eigenvalue weighted by Crippen LogP contribution is -2.46. The van der Waals surface area contributed by atoms with E-state index in [1.165, 1.54) is 218 Å². The Balaban J connectivity index is 4.48. The van der Waals surface area contributed by atoms with Gasteiger partial charge in [0.05, 0.1) is 25.2 Å². The molecule has 0 spiro atoms. The third kappa shape index (κ3) is 43.5. The number of carbonyl (C=O) groups is 2. The number of aliphatic hydroxyl groups is 2. The topological polar surface area (TPSA) is 95.9 Å². The molecule has 60 heavy (non-hydrogen) atoms. The van der Waals surface area contributed by atoms with Gasteiger partial charge in [-0.2, -0.15) is 0 Å². The highest BCUT2D eigenvalue weighted by Gasteiger charge is 2.24. The Kier molecular flexibility index (Phi) is 48.0. The van der Waals surface area contributed by atoms with E-state index < -0.39 is 18.2 Å². The molecule has 0 rings (SSSR count). The summed E-state index contributed by atoms with van der Waals surface area (Å²) in [7, 11) is 0. The molecule has 358 valence electrons. The Morgan fingerprint density at radius 3 is 1.02 bits per heavy atom. The van der Waals surface area contributed by atoms with Crippen molar-refractivity contribution >= 4 is 11.9 Å². The Morgan fingerprint density at radius 2 is 0.700 bits per heavy atom. The van der Waals surface area contributed by atoms with Crippen LogP contribution in [0.2, 0.25) is 0 Å². The number of unbranched alkanes of at least 4 members (excludes halogenated alkanes) is 38. The fourth-order valence-corrected chi connectivity index (χ4v) is 8.79. The van der Waals surface area contributed by atoms with E-state index >= 15 is 0 Å². The molecule has 0 aromatic rings. The molecule has 3 unspecified atom stereocenters. The van der Waals surface area contributed by atoms with Crippen LogP contribution in [0.3, 0.4) is 0 Å². The Labute approximate surface area is 375 Å². The highest BCUT2D eigenvalue weighted by Crippen LogP contribution is 2.19. The highest BCUT2D eigenvalue weighted by atomic mass is 16.5. The molecule has 3 atom stereocenters. The van der Waals surface area contributed by atoms with Crippen molar-refractivity contribution in [2.45, 2.75) is 328 Å². The summed E-state index contributed by atoms with van der Waals surface area (Å²) >= 11 is 0. The van der Waals surface area contributed by atoms with Gasteiger partial charge in [0.15, 0.2) is 0 Å². The lowest BCUT2D eigenvalue weighted by molar-refractivity contribution is -0.151. The lowest BCUT2D eigenvalue weighted by Gasteiger charge is -2.24. The molecular weight excluding hydrogens is 743 g/mol. The van der Waals surface area contributed by atoms with Crippen LogP contribution in [0.25, 0.3) is 0 Å². The predicted molar refractivity (Wildman–Crippen MR) is 260 cm³/mol. The summed E-state index contributed by atoms with van der Waals surface area (Å²) in [5.41, 5.74) is 0. The van der Waals surface area contributed by atoms with Crippen LogP contribution in [0.15, 0.2) is 0 Å². The number of hydrogen-bond acceptors (Lipinski definition) is 5. The number of esters is 1. The third-order valence-electron chi connectivity index (χ3n) is 12.9. The van der Waals surface area contributed by atoms with E-state index in [1.807, 2.05) is 0 Å². The average molecular weight is 850 g/mol. The van der Waals surface area contributed by atoms with Gasteiger partial charge in [-0.1, -0.05) is 271 Å². The van der Waals surface area contributed by atoms with Crippen molar-refractivity contribution in [3.05, 3.63) is 0 Å². The van der Waals surface area contributed by atoms with Gasteiger partial charge in [0, 0.05) is 6.42 Å². The van der Waals surface area contributed by atoms with Gasteiger partial charge < -0.3 is 20.3 Å². The smallest absolute Gasteiger partial charge is 0.306 e. The summed E-state index contributed by atoms with van der Waals surface area (Å²) in [4.78, 5) is 26.2. The predicted octanol–water partition coefficient (Wildman–Crippen LogP) is 16.4. The largest absolute Gasteiger partial charge is 0.462 e. The molecule has 3 N–H and O–H groups in total. The zero-order valence-corrected chi connectivity index (χ0v) is 40.9. The Hall–Kier alpha value is -1.14. The fraction of sp³-hybridized carbons (Fsp3) is 0.963. The van der Waals surface area contributed by atoms with Crippen molar-refractivity contribution in [2.75, 3.05) is 6.61 Å². The second-order valence-electron chi connectivity index (χ2n) is 19.0. The minimum atomic E-state index is -0.779. The first-order chi connectivity index (χ1) is 29.5. The maximum Gasteiger partial charge on any atom is 0.306 e. The number of hydrogen-bond donors (Lipinski definition) is 3. The monoisotopic (exact) mass is 850 g/mol. The summed E-state index contributed by atoms with van der Waals surface area (Å²) in [6.07, 6.45) is 53.0. The second kappa shape index (κ2) is 48.9. The molecule has 0 saturated heterocycles. The lowest BCUT2D eigenvalue weighted by atomic mass is 10.0. The molecule has 0 radical (unpaired) electrons. The van der Waals surface area contributed by atoms with Crippen LogP contribution in [-0.2, 0) is 14.3 Å².